The maximum Gasteiger partial charge on any atom is 0.228 e. The molecule has 0 radical (unpaired) electrons. The van der Waals surface area contributed by atoms with Crippen LogP contribution in [0, 0.1) is 5.92 Å². The Bertz CT molecular complexity index is 600. The Labute approximate surface area is 129 Å². The summed E-state index contributed by atoms with van der Waals surface area (Å²) in [5.41, 5.74) is 0. The van der Waals surface area contributed by atoms with Gasteiger partial charge in [0.2, 0.25) is 5.91 Å². The fraction of sp³-hybridized carbons (Fsp3) is 0.467. The molecule has 1 aliphatic rings. The molecule has 1 aliphatic heterocycles. The molecule has 0 saturated carbocycles. The van der Waals surface area contributed by atoms with E-state index in [1.807, 2.05) is 23.0 Å². The van der Waals surface area contributed by atoms with Crippen LogP contribution in [0.5, 0.6) is 0 Å². The van der Waals surface area contributed by atoms with Gasteiger partial charge in [0.05, 0.1) is 6.20 Å². The molecule has 22 heavy (non-hydrogen) atoms. The molecule has 116 valence electrons. The lowest BCUT2D eigenvalue weighted by atomic mass is 9.93. The fourth-order valence-corrected chi connectivity index (χ4v) is 2.92. The number of amides is 1. The zero-order chi connectivity index (χ0) is 15.4. The smallest absolute Gasteiger partial charge is 0.228 e. The quantitative estimate of drug-likeness (QED) is 0.927. The van der Waals surface area contributed by atoms with Gasteiger partial charge in [0.25, 0.3) is 0 Å². The predicted octanol–water partition coefficient (Wildman–Crippen LogP) is 1.54. The highest BCUT2D eigenvalue weighted by atomic mass is 16.2. The molecule has 1 saturated heterocycles. The van der Waals surface area contributed by atoms with Gasteiger partial charge >= 0.3 is 0 Å². The van der Waals surface area contributed by atoms with Crippen molar-refractivity contribution >= 4 is 11.7 Å². The van der Waals surface area contributed by atoms with E-state index in [4.69, 9.17) is 0 Å². The van der Waals surface area contributed by atoms with Gasteiger partial charge in [-0.25, -0.2) is 9.67 Å². The molecule has 0 bridgehead atoms. The minimum atomic E-state index is -0.0426. The minimum Gasteiger partial charge on any atom is -0.310 e. The van der Waals surface area contributed by atoms with E-state index in [2.05, 4.69) is 32.4 Å². The van der Waals surface area contributed by atoms with Crippen molar-refractivity contribution in [2.24, 2.45) is 5.92 Å². The van der Waals surface area contributed by atoms with Crippen LogP contribution in [-0.2, 0) is 4.79 Å². The van der Waals surface area contributed by atoms with E-state index in [9.17, 15) is 4.79 Å². The van der Waals surface area contributed by atoms with E-state index in [0.29, 0.717) is 5.82 Å². The normalized spacial score (nSPS) is 22.4. The van der Waals surface area contributed by atoms with Crippen molar-refractivity contribution in [3.05, 3.63) is 36.8 Å². The van der Waals surface area contributed by atoms with Crippen molar-refractivity contribution in [2.45, 2.75) is 25.9 Å². The molecule has 0 spiro atoms. The number of carbonyl (C=O) groups excluding carboxylic acids is 1. The summed E-state index contributed by atoms with van der Waals surface area (Å²) in [7, 11) is 0. The van der Waals surface area contributed by atoms with Crippen LogP contribution in [0.2, 0.25) is 0 Å². The van der Waals surface area contributed by atoms with Crippen LogP contribution in [0.15, 0.2) is 36.8 Å². The second kappa shape index (κ2) is 6.65. The second-order valence-corrected chi connectivity index (χ2v) is 5.42. The zero-order valence-electron chi connectivity index (χ0n) is 12.6. The summed E-state index contributed by atoms with van der Waals surface area (Å²) < 4.78 is 1.84. The third-order valence-electron chi connectivity index (χ3n) is 4.12. The first kappa shape index (κ1) is 14.6. The third kappa shape index (κ3) is 3.14. The summed E-state index contributed by atoms with van der Waals surface area (Å²) in [6, 6.07) is 5.49. The number of carbonyl (C=O) groups is 1. The monoisotopic (exact) mass is 300 g/mol. The van der Waals surface area contributed by atoms with E-state index in [1.54, 1.807) is 18.5 Å². The van der Waals surface area contributed by atoms with Crippen LogP contribution in [-0.4, -0.2) is 43.9 Å². The Hall–Kier alpha value is -2.28. The highest BCUT2D eigenvalue weighted by Crippen LogP contribution is 2.30. The molecule has 2 aromatic heterocycles. The summed E-state index contributed by atoms with van der Waals surface area (Å²) in [6.45, 7) is 3.93. The van der Waals surface area contributed by atoms with Gasteiger partial charge < -0.3 is 5.32 Å². The van der Waals surface area contributed by atoms with Gasteiger partial charge in [-0.3, -0.25) is 9.69 Å². The highest BCUT2D eigenvalue weighted by molar-refractivity contribution is 5.91. The summed E-state index contributed by atoms with van der Waals surface area (Å²) in [4.78, 5) is 18.9. The van der Waals surface area contributed by atoms with Crippen LogP contribution in [0.1, 0.15) is 25.9 Å². The Balaban J connectivity index is 1.69. The van der Waals surface area contributed by atoms with E-state index in [-0.39, 0.29) is 18.0 Å². The molecular weight excluding hydrogens is 280 g/mol. The number of pyridine rings is 1. The molecular formula is C15H20N6O. The molecule has 3 rings (SSSR count). The fourth-order valence-electron chi connectivity index (χ4n) is 2.92. The number of hydrogen-bond donors (Lipinski definition) is 1. The Morgan fingerprint density at radius 3 is 3.00 bits per heavy atom. The number of piperidine rings is 1. The molecule has 3 heterocycles. The van der Waals surface area contributed by atoms with Crippen molar-refractivity contribution in [1.29, 1.82) is 0 Å². The number of nitrogens with one attached hydrogen (secondary N) is 1. The van der Waals surface area contributed by atoms with Gasteiger partial charge in [-0.2, -0.15) is 0 Å². The number of likely N-dealkylation sites (tertiary alicyclic amines) is 1. The van der Waals surface area contributed by atoms with Crippen molar-refractivity contribution in [3.8, 4) is 0 Å². The molecule has 2 unspecified atom stereocenters. The largest absolute Gasteiger partial charge is 0.310 e. The summed E-state index contributed by atoms with van der Waals surface area (Å²) in [5, 5.41) is 10.9. The third-order valence-corrected chi connectivity index (χ3v) is 4.12. The van der Waals surface area contributed by atoms with E-state index < -0.39 is 0 Å². The molecule has 1 amide bonds. The van der Waals surface area contributed by atoms with Crippen LogP contribution in [0.4, 0.5) is 5.82 Å². The van der Waals surface area contributed by atoms with E-state index in [0.717, 1.165) is 25.9 Å². The summed E-state index contributed by atoms with van der Waals surface area (Å²) >= 11 is 0. The minimum absolute atomic E-state index is 0.0274. The number of hydrogen-bond acceptors (Lipinski definition) is 5. The van der Waals surface area contributed by atoms with Crippen molar-refractivity contribution < 1.29 is 4.79 Å². The van der Waals surface area contributed by atoms with Crippen LogP contribution >= 0.6 is 0 Å². The molecule has 0 aliphatic carbocycles. The zero-order valence-corrected chi connectivity index (χ0v) is 12.6. The molecule has 1 N–H and O–H groups in total. The summed E-state index contributed by atoms with van der Waals surface area (Å²) in [6.07, 6.45) is 6.86. The van der Waals surface area contributed by atoms with Gasteiger partial charge in [-0.1, -0.05) is 18.2 Å². The number of nitrogens with zero attached hydrogens (tertiary/aromatic N) is 5. The highest BCUT2D eigenvalue weighted by Gasteiger charge is 2.33. The lowest BCUT2D eigenvalue weighted by molar-refractivity contribution is -0.122. The van der Waals surface area contributed by atoms with Gasteiger partial charge in [-0.05, 0) is 31.5 Å². The molecule has 0 aromatic carbocycles. The van der Waals surface area contributed by atoms with Gasteiger partial charge in [0.15, 0.2) is 0 Å². The van der Waals surface area contributed by atoms with Gasteiger partial charge in [0.1, 0.15) is 12.0 Å². The lowest BCUT2D eigenvalue weighted by Gasteiger charge is -2.37. The second-order valence-electron chi connectivity index (χ2n) is 5.42. The Morgan fingerprint density at radius 1 is 1.41 bits per heavy atom. The van der Waals surface area contributed by atoms with Gasteiger partial charge in [0, 0.05) is 24.9 Å². The first-order valence-electron chi connectivity index (χ1n) is 7.59. The van der Waals surface area contributed by atoms with Crippen LogP contribution in [0.3, 0.4) is 0 Å². The number of aromatic nitrogens is 4. The number of anilines is 1. The van der Waals surface area contributed by atoms with Crippen LogP contribution < -0.4 is 5.32 Å². The maximum atomic E-state index is 12.5. The maximum absolute atomic E-state index is 12.5. The summed E-state index contributed by atoms with van der Waals surface area (Å²) in [5.74, 6) is 0.585. The van der Waals surface area contributed by atoms with Crippen molar-refractivity contribution in [3.63, 3.8) is 0 Å². The first-order chi connectivity index (χ1) is 10.8. The molecule has 7 heteroatoms. The molecule has 7 nitrogen and oxygen atoms in total. The SMILES string of the molecule is CCN1CCC(C(=O)Nc2ccccn2)CC1n1ccnn1. The van der Waals surface area contributed by atoms with Crippen molar-refractivity contribution in [1.82, 2.24) is 24.9 Å². The topological polar surface area (TPSA) is 75.9 Å². The number of rotatable bonds is 4. The average molecular weight is 300 g/mol. The van der Waals surface area contributed by atoms with Gasteiger partial charge in [-0.15, -0.1) is 5.10 Å². The Kier molecular flexibility index (Phi) is 4.43. The van der Waals surface area contributed by atoms with Crippen molar-refractivity contribution in [2.75, 3.05) is 18.4 Å². The standard InChI is InChI=1S/C15H20N6O/c1-2-20-9-6-12(11-14(20)21-10-8-17-19-21)15(22)18-13-5-3-4-7-16-13/h3-5,7-8,10,12,14H,2,6,9,11H2,1H3,(H,16,18,22). The van der Waals surface area contributed by atoms with E-state index >= 15 is 0 Å². The van der Waals surface area contributed by atoms with E-state index in [1.165, 1.54) is 0 Å². The molecule has 1 fully saturated rings. The Morgan fingerprint density at radius 2 is 2.32 bits per heavy atom. The average Bonchev–Trinajstić information content (AvgIpc) is 3.09. The lowest BCUT2D eigenvalue weighted by Crippen LogP contribution is -2.43. The predicted molar refractivity (Wildman–Crippen MR) is 81.9 cm³/mol. The van der Waals surface area contributed by atoms with Crippen LogP contribution in [0.25, 0.3) is 0 Å². The molecule has 2 atom stereocenters. The molecule has 2 aromatic rings. The first-order valence-corrected chi connectivity index (χ1v) is 7.59.